The van der Waals surface area contributed by atoms with E-state index in [2.05, 4.69) is 25.9 Å². The highest BCUT2D eigenvalue weighted by atomic mass is 32.2. The third kappa shape index (κ3) is 5.90. The normalized spacial score (nSPS) is 14.7. The van der Waals surface area contributed by atoms with Gasteiger partial charge < -0.3 is 19.6 Å². The van der Waals surface area contributed by atoms with Crippen molar-refractivity contribution in [1.29, 1.82) is 0 Å². The summed E-state index contributed by atoms with van der Waals surface area (Å²) in [5.41, 5.74) is 2.46. The smallest absolute Gasteiger partial charge is 0.410 e. The van der Waals surface area contributed by atoms with E-state index in [-0.39, 0.29) is 6.09 Å². The highest BCUT2D eigenvalue weighted by Gasteiger charge is 2.22. The number of piperazine rings is 1. The molecular weight excluding hydrogens is 398 g/mol. The SMILES string of the molecule is O=C(Oc1ccc(CCSc2ncc[nH]2)cc1)N1CCN(CCc2ccc[nH]2)CC1. The van der Waals surface area contributed by atoms with E-state index in [0.717, 1.165) is 43.4 Å². The minimum Gasteiger partial charge on any atom is -0.410 e. The topological polar surface area (TPSA) is 77.2 Å². The number of nitrogens with one attached hydrogen (secondary N) is 2. The van der Waals surface area contributed by atoms with Crippen LogP contribution in [-0.2, 0) is 12.8 Å². The predicted octanol–water partition coefficient (Wildman–Crippen LogP) is 3.43. The molecule has 0 saturated carbocycles. The Morgan fingerprint density at radius 2 is 1.87 bits per heavy atom. The lowest BCUT2D eigenvalue weighted by Crippen LogP contribution is -2.49. The summed E-state index contributed by atoms with van der Waals surface area (Å²) in [6.45, 7) is 4.16. The van der Waals surface area contributed by atoms with E-state index in [1.54, 1.807) is 22.9 Å². The molecule has 0 radical (unpaired) electrons. The van der Waals surface area contributed by atoms with Crippen molar-refractivity contribution in [3.05, 3.63) is 66.2 Å². The van der Waals surface area contributed by atoms with Gasteiger partial charge in [0, 0.05) is 69.2 Å². The second-order valence-electron chi connectivity index (χ2n) is 7.28. The molecule has 2 N–H and O–H groups in total. The number of amides is 1. The van der Waals surface area contributed by atoms with E-state index >= 15 is 0 Å². The summed E-state index contributed by atoms with van der Waals surface area (Å²) in [6.07, 6.45) is 7.22. The van der Waals surface area contributed by atoms with Gasteiger partial charge in [0.1, 0.15) is 5.75 Å². The van der Waals surface area contributed by atoms with Crippen molar-refractivity contribution in [3.8, 4) is 5.75 Å². The maximum absolute atomic E-state index is 12.5. The number of carbonyl (C=O) groups is 1. The van der Waals surface area contributed by atoms with Gasteiger partial charge in [-0.3, -0.25) is 4.90 Å². The fourth-order valence-corrected chi connectivity index (χ4v) is 4.26. The average molecular weight is 426 g/mol. The highest BCUT2D eigenvalue weighted by Crippen LogP contribution is 2.18. The Morgan fingerprint density at radius 1 is 1.03 bits per heavy atom. The maximum atomic E-state index is 12.5. The molecule has 1 aliphatic rings. The van der Waals surface area contributed by atoms with E-state index in [1.807, 2.05) is 42.7 Å². The van der Waals surface area contributed by atoms with Gasteiger partial charge in [0.15, 0.2) is 5.16 Å². The Bertz CT molecular complexity index is 888. The molecule has 1 aliphatic heterocycles. The van der Waals surface area contributed by atoms with Crippen LogP contribution in [0.3, 0.4) is 0 Å². The van der Waals surface area contributed by atoms with Crippen LogP contribution < -0.4 is 4.74 Å². The van der Waals surface area contributed by atoms with Gasteiger partial charge in [-0.1, -0.05) is 23.9 Å². The first kappa shape index (κ1) is 20.6. The lowest BCUT2D eigenvalue weighted by atomic mass is 10.2. The zero-order valence-electron chi connectivity index (χ0n) is 16.9. The summed E-state index contributed by atoms with van der Waals surface area (Å²) in [6, 6.07) is 11.9. The molecule has 158 valence electrons. The Morgan fingerprint density at radius 3 is 2.57 bits per heavy atom. The maximum Gasteiger partial charge on any atom is 0.415 e. The molecule has 8 heteroatoms. The van der Waals surface area contributed by atoms with Crippen molar-refractivity contribution in [1.82, 2.24) is 24.8 Å². The molecule has 0 spiro atoms. The molecular formula is C22H27N5O2S. The standard InChI is InChI=1S/C22H27N5O2S/c28-22(27-15-13-26(14-16-27)12-7-19-2-1-9-23-19)29-20-5-3-18(4-6-20)8-17-30-21-24-10-11-25-21/h1-6,9-11,23H,7-8,12-17H2,(H,24,25). The van der Waals surface area contributed by atoms with Crippen LogP contribution in [0.5, 0.6) is 5.75 Å². The zero-order chi connectivity index (χ0) is 20.6. The number of aryl methyl sites for hydroxylation is 1. The molecule has 1 aromatic carbocycles. The third-order valence-electron chi connectivity index (χ3n) is 5.22. The quantitative estimate of drug-likeness (QED) is 0.541. The summed E-state index contributed by atoms with van der Waals surface area (Å²) in [5, 5.41) is 0.935. The molecule has 1 amide bonds. The van der Waals surface area contributed by atoms with E-state index in [4.69, 9.17) is 4.74 Å². The number of rotatable bonds is 8. The Labute approximate surface area is 180 Å². The summed E-state index contributed by atoms with van der Waals surface area (Å²) in [5.74, 6) is 1.54. The van der Waals surface area contributed by atoms with Gasteiger partial charge >= 0.3 is 6.09 Å². The first-order valence-electron chi connectivity index (χ1n) is 10.3. The highest BCUT2D eigenvalue weighted by molar-refractivity contribution is 7.99. The molecule has 0 aliphatic carbocycles. The zero-order valence-corrected chi connectivity index (χ0v) is 17.7. The number of imidazole rings is 1. The number of carbonyl (C=O) groups excluding carboxylic acids is 1. The number of thioether (sulfide) groups is 1. The van der Waals surface area contributed by atoms with Gasteiger partial charge in [0.25, 0.3) is 0 Å². The number of nitrogens with zero attached hydrogens (tertiary/aromatic N) is 3. The van der Waals surface area contributed by atoms with Gasteiger partial charge in [0.2, 0.25) is 0 Å². The predicted molar refractivity (Wildman–Crippen MR) is 118 cm³/mol. The number of H-pyrrole nitrogens is 2. The first-order valence-corrected chi connectivity index (χ1v) is 11.3. The van der Waals surface area contributed by atoms with Crippen LogP contribution >= 0.6 is 11.8 Å². The molecule has 0 bridgehead atoms. The third-order valence-corrected chi connectivity index (χ3v) is 6.13. The molecule has 0 unspecified atom stereocenters. The van der Waals surface area contributed by atoms with E-state index < -0.39 is 0 Å². The van der Waals surface area contributed by atoms with Crippen LogP contribution in [-0.4, -0.2) is 69.3 Å². The van der Waals surface area contributed by atoms with Gasteiger partial charge in [-0.05, 0) is 36.2 Å². The lowest BCUT2D eigenvalue weighted by Gasteiger charge is -2.33. The molecule has 2 aromatic heterocycles. The fourth-order valence-electron chi connectivity index (χ4n) is 3.44. The number of aromatic nitrogens is 3. The summed E-state index contributed by atoms with van der Waals surface area (Å²) >= 11 is 1.69. The number of hydrogen-bond acceptors (Lipinski definition) is 5. The number of benzene rings is 1. The first-order chi connectivity index (χ1) is 14.8. The number of ether oxygens (including phenoxy) is 1. The molecule has 1 fully saturated rings. The van der Waals surface area contributed by atoms with Gasteiger partial charge in [-0.2, -0.15) is 0 Å². The Kier molecular flexibility index (Phi) is 7.10. The molecule has 4 rings (SSSR count). The van der Waals surface area contributed by atoms with Gasteiger partial charge in [0.05, 0.1) is 0 Å². The minimum absolute atomic E-state index is 0.264. The van der Waals surface area contributed by atoms with E-state index in [0.29, 0.717) is 18.8 Å². The molecule has 30 heavy (non-hydrogen) atoms. The summed E-state index contributed by atoms with van der Waals surface area (Å²) in [7, 11) is 0. The Balaban J connectivity index is 1.16. The van der Waals surface area contributed by atoms with Crippen LogP contribution in [0.15, 0.2) is 60.1 Å². The van der Waals surface area contributed by atoms with Crippen molar-refractivity contribution >= 4 is 17.9 Å². The van der Waals surface area contributed by atoms with Crippen LogP contribution in [0.25, 0.3) is 0 Å². The van der Waals surface area contributed by atoms with Crippen molar-refractivity contribution in [3.63, 3.8) is 0 Å². The van der Waals surface area contributed by atoms with Crippen LogP contribution in [0.1, 0.15) is 11.3 Å². The second kappa shape index (κ2) is 10.4. The molecule has 3 heterocycles. The molecule has 3 aromatic rings. The van der Waals surface area contributed by atoms with E-state index in [9.17, 15) is 4.79 Å². The van der Waals surface area contributed by atoms with Gasteiger partial charge in [-0.15, -0.1) is 0 Å². The van der Waals surface area contributed by atoms with Crippen molar-refractivity contribution in [2.45, 2.75) is 18.0 Å². The van der Waals surface area contributed by atoms with Crippen molar-refractivity contribution in [2.75, 3.05) is 38.5 Å². The Hall–Kier alpha value is -2.71. The average Bonchev–Trinajstić information content (AvgIpc) is 3.48. The van der Waals surface area contributed by atoms with Crippen molar-refractivity contribution < 1.29 is 9.53 Å². The van der Waals surface area contributed by atoms with Crippen LogP contribution in [0, 0.1) is 0 Å². The number of aromatic amines is 2. The number of hydrogen-bond donors (Lipinski definition) is 2. The second-order valence-corrected chi connectivity index (χ2v) is 8.36. The lowest BCUT2D eigenvalue weighted by molar-refractivity contribution is 0.111. The van der Waals surface area contributed by atoms with Crippen molar-refractivity contribution in [2.24, 2.45) is 0 Å². The largest absolute Gasteiger partial charge is 0.415 e. The van der Waals surface area contributed by atoms with Crippen LogP contribution in [0.4, 0.5) is 4.79 Å². The van der Waals surface area contributed by atoms with Gasteiger partial charge in [-0.25, -0.2) is 9.78 Å². The van der Waals surface area contributed by atoms with E-state index in [1.165, 1.54) is 11.3 Å². The monoisotopic (exact) mass is 425 g/mol. The summed E-state index contributed by atoms with van der Waals surface area (Å²) < 4.78 is 5.57. The summed E-state index contributed by atoms with van der Waals surface area (Å²) in [4.78, 5) is 27.2. The fraction of sp³-hybridized carbons (Fsp3) is 0.364. The van der Waals surface area contributed by atoms with Crippen LogP contribution in [0.2, 0.25) is 0 Å². The minimum atomic E-state index is -0.264. The molecule has 0 atom stereocenters. The molecule has 1 saturated heterocycles. The molecule has 7 nitrogen and oxygen atoms in total.